The van der Waals surface area contributed by atoms with Gasteiger partial charge in [0.05, 0.1) is 5.25 Å². The monoisotopic (exact) mass is 294 g/mol. The zero-order chi connectivity index (χ0) is 13.4. The molecule has 7 heteroatoms. The quantitative estimate of drug-likeness (QED) is 0.925. The van der Waals surface area contributed by atoms with Gasteiger partial charge in [0.15, 0.2) is 0 Å². The Labute approximate surface area is 119 Å². The average molecular weight is 295 g/mol. The van der Waals surface area contributed by atoms with Gasteiger partial charge in [-0.1, -0.05) is 29.8 Å². The number of anilines is 1. The van der Waals surface area contributed by atoms with E-state index in [0.717, 1.165) is 5.56 Å². The second-order valence-corrected chi connectivity index (χ2v) is 6.00. The van der Waals surface area contributed by atoms with Crippen LogP contribution in [0.3, 0.4) is 0 Å². The third-order valence-electron chi connectivity index (χ3n) is 2.95. The molecule has 0 radical (unpaired) electrons. The van der Waals surface area contributed by atoms with Crippen LogP contribution in [0.2, 0.25) is 5.02 Å². The van der Waals surface area contributed by atoms with Crippen molar-refractivity contribution < 1.29 is 4.79 Å². The van der Waals surface area contributed by atoms with Gasteiger partial charge >= 0.3 is 0 Å². The van der Waals surface area contributed by atoms with Crippen molar-refractivity contribution in [2.45, 2.75) is 17.5 Å². The van der Waals surface area contributed by atoms with Gasteiger partial charge in [-0.15, -0.1) is 11.8 Å². The minimum absolute atomic E-state index is 0.00618. The van der Waals surface area contributed by atoms with Crippen molar-refractivity contribution in [3.63, 3.8) is 0 Å². The number of hydrogen-bond donors (Lipinski definition) is 1. The number of carbonyl (C=O) groups is 1. The normalized spacial score (nSPS) is 23.1. The van der Waals surface area contributed by atoms with Crippen LogP contribution in [0, 0.1) is 0 Å². The van der Waals surface area contributed by atoms with E-state index in [0.29, 0.717) is 11.0 Å². The van der Waals surface area contributed by atoms with E-state index >= 15 is 0 Å². The first-order chi connectivity index (χ1) is 9.18. The molecule has 19 heavy (non-hydrogen) atoms. The zero-order valence-electron chi connectivity index (χ0n) is 10.1. The van der Waals surface area contributed by atoms with Gasteiger partial charge in [-0.2, -0.15) is 10.1 Å². The molecule has 0 bridgehead atoms. The fourth-order valence-electron chi connectivity index (χ4n) is 2.04. The maximum Gasteiger partial charge on any atom is 0.243 e. The predicted molar refractivity (Wildman–Crippen MR) is 75.1 cm³/mol. The summed E-state index contributed by atoms with van der Waals surface area (Å²) in [4.78, 5) is 18.0. The SMILES string of the molecule is CC1SC(c2ccccc2Cl)N(c2ncn[nH]2)C1=O. The predicted octanol–water partition coefficient (Wildman–Crippen LogP) is 2.63. The van der Waals surface area contributed by atoms with E-state index in [1.54, 1.807) is 16.7 Å². The van der Waals surface area contributed by atoms with Crippen molar-refractivity contribution in [1.82, 2.24) is 15.2 Å². The number of halogens is 1. The van der Waals surface area contributed by atoms with Gasteiger partial charge in [0, 0.05) is 10.6 Å². The first kappa shape index (κ1) is 12.5. The molecule has 2 aromatic rings. The van der Waals surface area contributed by atoms with E-state index in [9.17, 15) is 4.79 Å². The zero-order valence-corrected chi connectivity index (χ0v) is 11.6. The molecule has 98 valence electrons. The molecule has 1 aliphatic heterocycles. The fraction of sp³-hybridized carbons (Fsp3) is 0.250. The van der Waals surface area contributed by atoms with E-state index < -0.39 is 0 Å². The van der Waals surface area contributed by atoms with Crippen molar-refractivity contribution in [3.8, 4) is 0 Å². The number of nitrogens with zero attached hydrogens (tertiary/aromatic N) is 3. The number of amides is 1. The van der Waals surface area contributed by atoms with Crippen LogP contribution in [0.4, 0.5) is 5.95 Å². The number of benzene rings is 1. The largest absolute Gasteiger partial charge is 0.273 e. The summed E-state index contributed by atoms with van der Waals surface area (Å²) in [6.07, 6.45) is 1.39. The number of nitrogens with one attached hydrogen (secondary N) is 1. The Morgan fingerprint density at radius 3 is 2.89 bits per heavy atom. The van der Waals surface area contributed by atoms with Crippen LogP contribution in [0.25, 0.3) is 0 Å². The minimum Gasteiger partial charge on any atom is -0.273 e. The average Bonchev–Trinajstić information content (AvgIpc) is 3.00. The van der Waals surface area contributed by atoms with E-state index in [1.165, 1.54) is 6.33 Å². The fourth-order valence-corrected chi connectivity index (χ4v) is 3.64. The number of carbonyl (C=O) groups excluding carboxylic acids is 1. The molecule has 0 aliphatic carbocycles. The molecular formula is C12H11ClN4OS. The van der Waals surface area contributed by atoms with Crippen molar-refractivity contribution >= 4 is 35.2 Å². The van der Waals surface area contributed by atoms with E-state index in [4.69, 9.17) is 11.6 Å². The summed E-state index contributed by atoms with van der Waals surface area (Å²) in [6.45, 7) is 1.88. The van der Waals surface area contributed by atoms with Crippen molar-refractivity contribution in [1.29, 1.82) is 0 Å². The third kappa shape index (κ3) is 2.11. The third-order valence-corrected chi connectivity index (χ3v) is 4.63. The summed E-state index contributed by atoms with van der Waals surface area (Å²) < 4.78 is 0. The molecule has 2 heterocycles. The van der Waals surface area contributed by atoms with E-state index in [1.807, 2.05) is 31.2 Å². The molecule has 1 fully saturated rings. The van der Waals surface area contributed by atoms with Gasteiger partial charge in [0.1, 0.15) is 11.7 Å². The topological polar surface area (TPSA) is 61.9 Å². The van der Waals surface area contributed by atoms with Crippen LogP contribution in [0.5, 0.6) is 0 Å². The Morgan fingerprint density at radius 1 is 1.42 bits per heavy atom. The summed E-state index contributed by atoms with van der Waals surface area (Å²) in [6, 6.07) is 7.53. The Hall–Kier alpha value is -1.53. The van der Waals surface area contributed by atoms with Crippen LogP contribution in [-0.2, 0) is 4.79 Å². The summed E-state index contributed by atoms with van der Waals surface area (Å²) in [5.41, 5.74) is 0.906. The molecule has 0 spiro atoms. The van der Waals surface area contributed by atoms with Gasteiger partial charge in [-0.25, -0.2) is 5.10 Å². The number of hydrogen-bond acceptors (Lipinski definition) is 4. The Balaban J connectivity index is 2.05. The number of thioether (sulfide) groups is 1. The number of aromatic amines is 1. The Bertz CT molecular complexity index is 604. The summed E-state index contributed by atoms with van der Waals surface area (Å²) in [5, 5.41) is 6.88. The summed E-state index contributed by atoms with van der Waals surface area (Å²) in [7, 11) is 0. The second kappa shape index (κ2) is 4.86. The molecule has 1 aromatic carbocycles. The highest BCUT2D eigenvalue weighted by molar-refractivity contribution is 8.01. The Kier molecular flexibility index (Phi) is 3.20. The lowest BCUT2D eigenvalue weighted by atomic mass is 10.2. The molecule has 5 nitrogen and oxygen atoms in total. The minimum atomic E-state index is -0.177. The highest BCUT2D eigenvalue weighted by Gasteiger charge is 2.41. The Morgan fingerprint density at radius 2 is 2.21 bits per heavy atom. The smallest absolute Gasteiger partial charge is 0.243 e. The number of rotatable bonds is 2. The summed E-state index contributed by atoms with van der Waals surface area (Å²) in [5.74, 6) is 0.457. The molecule has 1 aliphatic rings. The van der Waals surface area contributed by atoms with Gasteiger partial charge in [-0.3, -0.25) is 9.69 Å². The first-order valence-corrected chi connectivity index (χ1v) is 7.09. The highest BCUT2D eigenvalue weighted by atomic mass is 35.5. The molecular weight excluding hydrogens is 284 g/mol. The maximum absolute atomic E-state index is 12.3. The van der Waals surface area contributed by atoms with Gasteiger partial charge in [0.2, 0.25) is 11.9 Å². The standard InChI is InChI=1S/C12H11ClN4OS/c1-7-10(18)17(12-14-6-15-16-12)11(19-7)8-4-2-3-5-9(8)13/h2-7,11H,1H3,(H,14,15,16). The van der Waals surface area contributed by atoms with Gasteiger partial charge < -0.3 is 0 Å². The number of H-pyrrole nitrogens is 1. The molecule has 1 N–H and O–H groups in total. The number of aromatic nitrogens is 3. The highest BCUT2D eigenvalue weighted by Crippen LogP contribution is 2.46. The molecule has 1 amide bonds. The lowest BCUT2D eigenvalue weighted by Gasteiger charge is -2.21. The molecule has 3 rings (SSSR count). The van der Waals surface area contributed by atoms with Crippen LogP contribution in [0.1, 0.15) is 17.9 Å². The van der Waals surface area contributed by atoms with Crippen molar-refractivity contribution in [2.24, 2.45) is 0 Å². The van der Waals surface area contributed by atoms with Crippen LogP contribution in [0.15, 0.2) is 30.6 Å². The van der Waals surface area contributed by atoms with E-state index in [-0.39, 0.29) is 16.5 Å². The van der Waals surface area contributed by atoms with E-state index in [2.05, 4.69) is 15.2 Å². The molecule has 1 aromatic heterocycles. The van der Waals surface area contributed by atoms with Gasteiger partial charge in [0.25, 0.3) is 0 Å². The molecule has 1 saturated heterocycles. The van der Waals surface area contributed by atoms with Crippen molar-refractivity contribution in [2.75, 3.05) is 4.90 Å². The lowest BCUT2D eigenvalue weighted by Crippen LogP contribution is -2.31. The maximum atomic E-state index is 12.3. The van der Waals surface area contributed by atoms with Crippen LogP contribution < -0.4 is 4.90 Å². The molecule has 0 saturated carbocycles. The molecule has 2 atom stereocenters. The second-order valence-electron chi connectivity index (χ2n) is 4.17. The summed E-state index contributed by atoms with van der Waals surface area (Å²) >= 11 is 7.78. The van der Waals surface area contributed by atoms with Gasteiger partial charge in [-0.05, 0) is 13.0 Å². The first-order valence-electron chi connectivity index (χ1n) is 5.77. The van der Waals surface area contributed by atoms with Crippen LogP contribution >= 0.6 is 23.4 Å². The van der Waals surface area contributed by atoms with Crippen LogP contribution in [-0.4, -0.2) is 26.3 Å². The molecule has 2 unspecified atom stereocenters. The van der Waals surface area contributed by atoms with Crippen molar-refractivity contribution in [3.05, 3.63) is 41.2 Å². The lowest BCUT2D eigenvalue weighted by molar-refractivity contribution is -0.117.